The number of ketones is 1. The molecule has 0 spiro atoms. The molecule has 0 saturated carbocycles. The van der Waals surface area contributed by atoms with Crippen LogP contribution < -0.4 is 5.32 Å². The van der Waals surface area contributed by atoms with E-state index in [0.29, 0.717) is 29.0 Å². The monoisotopic (exact) mass is 306 g/mol. The van der Waals surface area contributed by atoms with E-state index in [1.54, 1.807) is 4.68 Å². The number of hydrogen-bond acceptors (Lipinski definition) is 3. The van der Waals surface area contributed by atoms with Crippen molar-refractivity contribution in [3.8, 4) is 0 Å². The van der Waals surface area contributed by atoms with Gasteiger partial charge in [0.15, 0.2) is 0 Å². The second-order valence-electron chi connectivity index (χ2n) is 5.27. The SMILES string of the molecule is CCn1ncc(Cl)c1C(=O)c1cccn1C1CCNCC1. The highest BCUT2D eigenvalue weighted by Crippen LogP contribution is 2.25. The summed E-state index contributed by atoms with van der Waals surface area (Å²) in [4.78, 5) is 12.9. The van der Waals surface area contributed by atoms with Gasteiger partial charge in [0.1, 0.15) is 5.69 Å². The number of nitrogens with one attached hydrogen (secondary N) is 1. The van der Waals surface area contributed by atoms with Gasteiger partial charge in [0.05, 0.1) is 16.9 Å². The van der Waals surface area contributed by atoms with E-state index >= 15 is 0 Å². The lowest BCUT2D eigenvalue weighted by molar-refractivity contribution is 0.101. The topological polar surface area (TPSA) is 51.9 Å². The summed E-state index contributed by atoms with van der Waals surface area (Å²) < 4.78 is 3.75. The van der Waals surface area contributed by atoms with Crippen LogP contribution in [-0.4, -0.2) is 33.2 Å². The molecule has 1 N–H and O–H groups in total. The van der Waals surface area contributed by atoms with Gasteiger partial charge >= 0.3 is 0 Å². The number of aromatic nitrogens is 3. The molecule has 3 heterocycles. The molecular weight excluding hydrogens is 288 g/mol. The summed E-state index contributed by atoms with van der Waals surface area (Å²) in [6, 6.07) is 4.17. The van der Waals surface area contributed by atoms with Crippen LogP contribution in [-0.2, 0) is 6.54 Å². The van der Waals surface area contributed by atoms with Gasteiger partial charge in [-0.2, -0.15) is 5.10 Å². The van der Waals surface area contributed by atoms with E-state index in [4.69, 9.17) is 11.6 Å². The predicted octanol–water partition coefficient (Wildman–Crippen LogP) is 2.51. The van der Waals surface area contributed by atoms with Crippen molar-refractivity contribution in [2.75, 3.05) is 13.1 Å². The molecule has 1 aliphatic rings. The maximum Gasteiger partial charge on any atom is 0.228 e. The minimum Gasteiger partial charge on any atom is -0.342 e. The smallest absolute Gasteiger partial charge is 0.228 e. The van der Waals surface area contributed by atoms with Crippen LogP contribution in [0.1, 0.15) is 42.0 Å². The lowest BCUT2D eigenvalue weighted by Gasteiger charge is -2.26. The molecule has 21 heavy (non-hydrogen) atoms. The Hall–Kier alpha value is -1.59. The molecule has 5 nitrogen and oxygen atoms in total. The summed E-state index contributed by atoms with van der Waals surface area (Å²) in [5.74, 6) is -0.0529. The largest absolute Gasteiger partial charge is 0.342 e. The zero-order valence-electron chi connectivity index (χ0n) is 12.1. The molecule has 0 atom stereocenters. The molecular formula is C15H19ClN4O. The van der Waals surface area contributed by atoms with Gasteiger partial charge in [-0.15, -0.1) is 0 Å². The number of piperidine rings is 1. The summed E-state index contributed by atoms with van der Waals surface area (Å²) in [7, 11) is 0. The maximum absolute atomic E-state index is 12.9. The third kappa shape index (κ3) is 2.63. The molecule has 0 unspecified atom stereocenters. The molecule has 1 fully saturated rings. The second kappa shape index (κ2) is 6.03. The summed E-state index contributed by atoms with van der Waals surface area (Å²) in [5, 5.41) is 7.92. The molecule has 0 bridgehead atoms. The number of aryl methyl sites for hydroxylation is 1. The minimum absolute atomic E-state index is 0.0529. The fourth-order valence-electron chi connectivity index (χ4n) is 2.94. The second-order valence-corrected chi connectivity index (χ2v) is 5.68. The van der Waals surface area contributed by atoms with Crippen molar-refractivity contribution >= 4 is 17.4 Å². The molecule has 112 valence electrons. The number of nitrogens with zero attached hydrogens (tertiary/aromatic N) is 3. The zero-order valence-corrected chi connectivity index (χ0v) is 12.8. The van der Waals surface area contributed by atoms with Crippen molar-refractivity contribution in [2.24, 2.45) is 0 Å². The molecule has 2 aromatic heterocycles. The van der Waals surface area contributed by atoms with Crippen molar-refractivity contribution < 1.29 is 4.79 Å². The fourth-order valence-corrected chi connectivity index (χ4v) is 3.17. The molecule has 2 aromatic rings. The normalized spacial score (nSPS) is 16.3. The van der Waals surface area contributed by atoms with E-state index in [2.05, 4.69) is 15.0 Å². The Morgan fingerprint density at radius 2 is 2.24 bits per heavy atom. The van der Waals surface area contributed by atoms with Gasteiger partial charge in [-0.25, -0.2) is 0 Å². The maximum atomic E-state index is 12.9. The van der Waals surface area contributed by atoms with Crippen LogP contribution in [0, 0.1) is 0 Å². The van der Waals surface area contributed by atoms with Gasteiger partial charge in [-0.3, -0.25) is 9.48 Å². The Morgan fingerprint density at radius 1 is 1.48 bits per heavy atom. The first-order chi connectivity index (χ1) is 10.2. The van der Waals surface area contributed by atoms with E-state index in [9.17, 15) is 4.79 Å². The molecule has 1 aliphatic heterocycles. The van der Waals surface area contributed by atoms with Crippen LogP contribution >= 0.6 is 11.6 Å². The van der Waals surface area contributed by atoms with E-state index in [0.717, 1.165) is 25.9 Å². The first-order valence-electron chi connectivity index (χ1n) is 7.36. The van der Waals surface area contributed by atoms with Crippen LogP contribution in [0.5, 0.6) is 0 Å². The van der Waals surface area contributed by atoms with Crippen molar-refractivity contribution in [2.45, 2.75) is 32.4 Å². The highest BCUT2D eigenvalue weighted by Gasteiger charge is 2.24. The van der Waals surface area contributed by atoms with E-state index in [1.807, 2.05) is 25.3 Å². The van der Waals surface area contributed by atoms with Crippen molar-refractivity contribution in [3.05, 3.63) is 40.9 Å². The Labute approximate surface area is 128 Å². The van der Waals surface area contributed by atoms with Crippen molar-refractivity contribution in [1.82, 2.24) is 19.7 Å². The van der Waals surface area contributed by atoms with E-state index in [-0.39, 0.29) is 5.78 Å². The number of carbonyl (C=O) groups is 1. The Kier molecular flexibility index (Phi) is 4.12. The highest BCUT2D eigenvalue weighted by molar-refractivity contribution is 6.34. The van der Waals surface area contributed by atoms with Crippen molar-refractivity contribution in [3.63, 3.8) is 0 Å². The lowest BCUT2D eigenvalue weighted by atomic mass is 10.1. The van der Waals surface area contributed by atoms with E-state index in [1.165, 1.54) is 6.20 Å². The molecule has 0 amide bonds. The van der Waals surface area contributed by atoms with E-state index < -0.39 is 0 Å². The molecule has 1 saturated heterocycles. The molecule has 6 heteroatoms. The van der Waals surface area contributed by atoms with Gasteiger partial charge in [-0.05, 0) is 45.0 Å². The van der Waals surface area contributed by atoms with Crippen LogP contribution in [0.15, 0.2) is 24.5 Å². The molecule has 0 radical (unpaired) electrons. The average molecular weight is 307 g/mol. The van der Waals surface area contributed by atoms with Gasteiger partial charge < -0.3 is 9.88 Å². The van der Waals surface area contributed by atoms with Gasteiger partial charge in [0, 0.05) is 18.8 Å². The van der Waals surface area contributed by atoms with Gasteiger partial charge in [0.25, 0.3) is 0 Å². The van der Waals surface area contributed by atoms with Crippen LogP contribution in [0.3, 0.4) is 0 Å². The first-order valence-corrected chi connectivity index (χ1v) is 7.73. The third-order valence-electron chi connectivity index (χ3n) is 4.02. The Morgan fingerprint density at radius 3 is 2.95 bits per heavy atom. The summed E-state index contributed by atoms with van der Waals surface area (Å²) in [5.41, 5.74) is 1.17. The summed E-state index contributed by atoms with van der Waals surface area (Å²) in [6.07, 6.45) is 5.60. The minimum atomic E-state index is -0.0529. The standard InChI is InChI=1S/C15H19ClN4O/c1-2-20-14(12(16)10-18-20)15(21)13-4-3-9-19(13)11-5-7-17-8-6-11/h3-4,9-11,17H,2,5-8H2,1H3. The van der Waals surface area contributed by atoms with Crippen LogP contribution in [0.2, 0.25) is 5.02 Å². The molecule has 0 aliphatic carbocycles. The van der Waals surface area contributed by atoms with Crippen molar-refractivity contribution in [1.29, 1.82) is 0 Å². The number of hydrogen-bond donors (Lipinski definition) is 1. The number of rotatable bonds is 4. The predicted molar refractivity (Wildman–Crippen MR) is 81.9 cm³/mol. The number of halogens is 1. The van der Waals surface area contributed by atoms with Crippen LogP contribution in [0.4, 0.5) is 0 Å². The number of carbonyl (C=O) groups excluding carboxylic acids is 1. The van der Waals surface area contributed by atoms with Gasteiger partial charge in [0.2, 0.25) is 5.78 Å². The van der Waals surface area contributed by atoms with Gasteiger partial charge in [-0.1, -0.05) is 11.6 Å². The summed E-state index contributed by atoms with van der Waals surface area (Å²) in [6.45, 7) is 4.56. The quantitative estimate of drug-likeness (QED) is 0.883. The average Bonchev–Trinajstić information content (AvgIpc) is 3.14. The fraction of sp³-hybridized carbons (Fsp3) is 0.467. The van der Waals surface area contributed by atoms with Crippen LogP contribution in [0.25, 0.3) is 0 Å². The Bertz CT molecular complexity index is 640. The molecule has 3 rings (SSSR count). The highest BCUT2D eigenvalue weighted by atomic mass is 35.5. The third-order valence-corrected chi connectivity index (χ3v) is 4.30. The Balaban J connectivity index is 1.95. The zero-order chi connectivity index (χ0) is 14.8. The molecule has 0 aromatic carbocycles. The lowest BCUT2D eigenvalue weighted by Crippen LogP contribution is -2.30. The first kappa shape index (κ1) is 14.4. The summed E-state index contributed by atoms with van der Waals surface area (Å²) >= 11 is 6.15.